The number of ether oxygens (including phenoxy) is 2. The quantitative estimate of drug-likeness (QED) is 0.704. The van der Waals surface area contributed by atoms with Crippen LogP contribution >= 0.6 is 0 Å². The smallest absolute Gasteiger partial charge is 0.128 e. The van der Waals surface area contributed by atoms with Gasteiger partial charge in [-0.15, -0.1) is 0 Å². The Balaban J connectivity index is 1.64. The molecular formula is C22H23N3O2. The molecule has 2 unspecified atom stereocenters. The normalized spacial score (nSPS) is 21.9. The first-order valence-electron chi connectivity index (χ1n) is 9.30. The molecule has 2 N–H and O–H groups in total. The van der Waals surface area contributed by atoms with E-state index >= 15 is 0 Å². The maximum absolute atomic E-state index is 6.15. The highest BCUT2D eigenvalue weighted by Gasteiger charge is 2.47. The topological polar surface area (TPSA) is 59.2 Å². The van der Waals surface area contributed by atoms with Crippen LogP contribution in [0.25, 0.3) is 11.3 Å². The van der Waals surface area contributed by atoms with Crippen LogP contribution in [0.3, 0.4) is 0 Å². The molecule has 138 valence electrons. The van der Waals surface area contributed by atoms with Gasteiger partial charge in [-0.3, -0.25) is 5.10 Å². The lowest BCUT2D eigenvalue weighted by molar-refractivity contribution is 0.133. The Hall–Kier alpha value is -2.95. The fraction of sp³-hybridized carbons (Fsp3) is 0.318. The van der Waals surface area contributed by atoms with Gasteiger partial charge < -0.3 is 14.8 Å². The summed E-state index contributed by atoms with van der Waals surface area (Å²) in [5, 5.41) is 10.9. The molecule has 1 aromatic heterocycles. The maximum Gasteiger partial charge on any atom is 0.128 e. The maximum atomic E-state index is 6.15. The second kappa shape index (κ2) is 5.78. The summed E-state index contributed by atoms with van der Waals surface area (Å²) in [5.41, 5.74) is 5.71. The summed E-state index contributed by atoms with van der Waals surface area (Å²) < 4.78 is 11.8. The van der Waals surface area contributed by atoms with Crippen molar-refractivity contribution in [3.8, 4) is 22.8 Å². The van der Waals surface area contributed by atoms with Gasteiger partial charge in [0.2, 0.25) is 0 Å². The number of aromatic amines is 1. The van der Waals surface area contributed by atoms with Crippen molar-refractivity contribution < 1.29 is 9.47 Å². The third-order valence-corrected chi connectivity index (χ3v) is 6.14. The molecule has 3 aromatic rings. The van der Waals surface area contributed by atoms with Crippen LogP contribution in [0.1, 0.15) is 31.0 Å². The Bertz CT molecular complexity index is 981. The fourth-order valence-corrected chi connectivity index (χ4v) is 4.56. The Kier molecular flexibility index (Phi) is 3.47. The molecule has 0 amide bonds. The molecule has 0 radical (unpaired) electrons. The summed E-state index contributed by atoms with van der Waals surface area (Å²) >= 11 is 0. The lowest BCUT2D eigenvalue weighted by atomic mass is 9.65. The molecule has 0 saturated heterocycles. The molecule has 5 heteroatoms. The van der Waals surface area contributed by atoms with Crippen molar-refractivity contribution in [3.63, 3.8) is 0 Å². The van der Waals surface area contributed by atoms with E-state index in [1.807, 2.05) is 24.3 Å². The van der Waals surface area contributed by atoms with Crippen molar-refractivity contribution in [1.29, 1.82) is 0 Å². The number of anilines is 1. The average molecular weight is 361 g/mol. The van der Waals surface area contributed by atoms with Crippen LogP contribution in [0.2, 0.25) is 0 Å². The lowest BCUT2D eigenvalue weighted by Gasteiger charge is -2.48. The van der Waals surface area contributed by atoms with E-state index in [9.17, 15) is 0 Å². The molecule has 0 aliphatic carbocycles. The summed E-state index contributed by atoms with van der Waals surface area (Å²) in [7, 11) is 1.72. The second-order valence-electron chi connectivity index (χ2n) is 7.86. The number of hydrogen-bond donors (Lipinski definition) is 2. The zero-order valence-electron chi connectivity index (χ0n) is 15.7. The summed E-state index contributed by atoms with van der Waals surface area (Å²) in [4.78, 5) is 0. The largest absolute Gasteiger partial charge is 0.496 e. The molecule has 27 heavy (non-hydrogen) atoms. The van der Waals surface area contributed by atoms with E-state index in [4.69, 9.17) is 9.47 Å². The Morgan fingerprint density at radius 3 is 2.85 bits per heavy atom. The zero-order chi connectivity index (χ0) is 18.6. The van der Waals surface area contributed by atoms with Crippen molar-refractivity contribution >= 4 is 5.69 Å². The minimum Gasteiger partial charge on any atom is -0.496 e. The van der Waals surface area contributed by atoms with Gasteiger partial charge in [-0.05, 0) is 41.5 Å². The minimum atomic E-state index is -0.0557. The van der Waals surface area contributed by atoms with Gasteiger partial charge in [-0.1, -0.05) is 26.0 Å². The zero-order valence-corrected chi connectivity index (χ0v) is 15.7. The average Bonchev–Trinajstić information content (AvgIpc) is 3.22. The van der Waals surface area contributed by atoms with Gasteiger partial charge in [0.05, 0.1) is 31.0 Å². The molecule has 2 atom stereocenters. The summed E-state index contributed by atoms with van der Waals surface area (Å²) in [5.74, 6) is 2.09. The predicted molar refractivity (Wildman–Crippen MR) is 105 cm³/mol. The van der Waals surface area contributed by atoms with Crippen LogP contribution in [0, 0.1) is 5.92 Å². The first-order valence-corrected chi connectivity index (χ1v) is 9.30. The van der Waals surface area contributed by atoms with Gasteiger partial charge in [0.25, 0.3) is 0 Å². The number of rotatable bonds is 2. The van der Waals surface area contributed by atoms with Crippen LogP contribution < -0.4 is 14.8 Å². The van der Waals surface area contributed by atoms with E-state index in [1.54, 1.807) is 13.3 Å². The fourth-order valence-electron chi connectivity index (χ4n) is 4.56. The summed E-state index contributed by atoms with van der Waals surface area (Å²) in [6.07, 6.45) is 1.78. The van der Waals surface area contributed by atoms with E-state index in [-0.39, 0.29) is 11.5 Å². The van der Waals surface area contributed by atoms with Gasteiger partial charge in [0.1, 0.15) is 11.5 Å². The highest BCUT2D eigenvalue weighted by atomic mass is 16.5. The summed E-state index contributed by atoms with van der Waals surface area (Å²) in [6.45, 7) is 5.30. The number of fused-ring (bicyclic) bond motifs is 4. The first kappa shape index (κ1) is 16.2. The van der Waals surface area contributed by atoms with Crippen molar-refractivity contribution in [3.05, 3.63) is 59.8 Å². The molecule has 0 saturated carbocycles. The van der Waals surface area contributed by atoms with Gasteiger partial charge in [-0.25, -0.2) is 0 Å². The second-order valence-corrected chi connectivity index (χ2v) is 7.86. The molecule has 2 aromatic carbocycles. The van der Waals surface area contributed by atoms with E-state index in [0.29, 0.717) is 12.5 Å². The van der Waals surface area contributed by atoms with Crippen LogP contribution in [0.4, 0.5) is 5.69 Å². The SMILES string of the molecule is COc1cccc2c1C1Nc3ccc(-c4ccn[nH]4)cc3C(C)(C)C1CO2. The number of aromatic nitrogens is 2. The van der Waals surface area contributed by atoms with E-state index in [2.05, 4.69) is 47.6 Å². The van der Waals surface area contributed by atoms with Gasteiger partial charge in [-0.2, -0.15) is 5.10 Å². The summed E-state index contributed by atoms with van der Waals surface area (Å²) in [6, 6.07) is 14.8. The number of hydrogen-bond acceptors (Lipinski definition) is 4. The molecule has 2 aliphatic heterocycles. The Morgan fingerprint density at radius 1 is 1.19 bits per heavy atom. The van der Waals surface area contributed by atoms with Crippen LogP contribution in [-0.4, -0.2) is 23.9 Å². The highest BCUT2D eigenvalue weighted by Crippen LogP contribution is 2.54. The molecule has 0 spiro atoms. The molecule has 0 fully saturated rings. The highest BCUT2D eigenvalue weighted by molar-refractivity contribution is 5.70. The standard InChI is InChI=1S/C22H23N3O2/c1-22(2)14-11-13(16-9-10-23-25-16)7-8-17(14)24-21-15(22)12-27-19-6-4-5-18(26-3)20(19)21/h4-11,15,21,24H,12H2,1-3H3,(H,23,25). The van der Waals surface area contributed by atoms with Crippen molar-refractivity contribution in [1.82, 2.24) is 10.2 Å². The number of nitrogens with one attached hydrogen (secondary N) is 2. The number of benzene rings is 2. The third kappa shape index (κ3) is 2.34. The molecule has 5 nitrogen and oxygen atoms in total. The van der Waals surface area contributed by atoms with Crippen LogP contribution in [0.15, 0.2) is 48.7 Å². The number of methoxy groups -OCH3 is 1. The van der Waals surface area contributed by atoms with Crippen LogP contribution in [0.5, 0.6) is 11.5 Å². The van der Waals surface area contributed by atoms with E-state index in [0.717, 1.165) is 28.3 Å². The Labute approximate surface area is 158 Å². The van der Waals surface area contributed by atoms with E-state index < -0.39 is 0 Å². The van der Waals surface area contributed by atoms with E-state index in [1.165, 1.54) is 11.3 Å². The predicted octanol–water partition coefficient (Wildman–Crippen LogP) is 4.54. The molecule has 2 aliphatic rings. The number of nitrogens with zero attached hydrogens (tertiary/aromatic N) is 1. The van der Waals surface area contributed by atoms with Crippen LogP contribution in [-0.2, 0) is 5.41 Å². The Morgan fingerprint density at radius 2 is 2.07 bits per heavy atom. The van der Waals surface area contributed by atoms with Crippen molar-refractivity contribution in [2.24, 2.45) is 5.92 Å². The van der Waals surface area contributed by atoms with Crippen molar-refractivity contribution in [2.75, 3.05) is 19.0 Å². The molecule has 0 bridgehead atoms. The number of H-pyrrole nitrogens is 1. The van der Waals surface area contributed by atoms with Gasteiger partial charge in [0, 0.05) is 23.2 Å². The molecule has 5 rings (SSSR count). The monoisotopic (exact) mass is 361 g/mol. The first-order chi connectivity index (χ1) is 13.1. The van der Waals surface area contributed by atoms with Gasteiger partial charge >= 0.3 is 0 Å². The molecule has 3 heterocycles. The lowest BCUT2D eigenvalue weighted by Crippen LogP contribution is -2.46. The minimum absolute atomic E-state index is 0.0557. The van der Waals surface area contributed by atoms with Crippen molar-refractivity contribution in [2.45, 2.75) is 25.3 Å². The third-order valence-electron chi connectivity index (χ3n) is 6.14. The molecular weight excluding hydrogens is 338 g/mol. The van der Waals surface area contributed by atoms with Gasteiger partial charge in [0.15, 0.2) is 0 Å².